The molecule has 1 rings (SSSR count). The molecule has 0 fully saturated rings. The molecule has 0 aliphatic heterocycles. The standard InChI is InChI=1S/C16H24ClNO/c1-11(2)15(19)14(10-18-16(3,4)5)12-6-8-13(17)9-7-12/h6-9,11,14,18H,10H2,1-5H3. The van der Waals surface area contributed by atoms with Crippen LogP contribution in [-0.2, 0) is 4.79 Å². The van der Waals surface area contributed by atoms with Crippen LogP contribution in [0.4, 0.5) is 0 Å². The summed E-state index contributed by atoms with van der Waals surface area (Å²) in [5, 5.41) is 4.11. The number of carbonyl (C=O) groups excluding carboxylic acids is 1. The topological polar surface area (TPSA) is 29.1 Å². The fourth-order valence-electron chi connectivity index (χ4n) is 1.89. The summed E-state index contributed by atoms with van der Waals surface area (Å²) in [5.41, 5.74) is 1.03. The van der Waals surface area contributed by atoms with Gasteiger partial charge in [0, 0.05) is 23.0 Å². The molecule has 2 nitrogen and oxygen atoms in total. The molecule has 106 valence electrons. The fourth-order valence-corrected chi connectivity index (χ4v) is 2.01. The molecule has 0 aliphatic rings. The number of halogens is 1. The van der Waals surface area contributed by atoms with Gasteiger partial charge in [-0.3, -0.25) is 4.79 Å². The summed E-state index contributed by atoms with van der Waals surface area (Å²) in [6.45, 7) is 10.9. The molecule has 0 saturated carbocycles. The molecule has 0 aromatic heterocycles. The van der Waals surface area contributed by atoms with Gasteiger partial charge < -0.3 is 5.32 Å². The third-order valence-electron chi connectivity index (χ3n) is 3.02. The molecule has 0 bridgehead atoms. The zero-order chi connectivity index (χ0) is 14.6. The highest BCUT2D eigenvalue weighted by atomic mass is 35.5. The Morgan fingerprint density at radius 3 is 2.16 bits per heavy atom. The monoisotopic (exact) mass is 281 g/mol. The zero-order valence-corrected chi connectivity index (χ0v) is 13.2. The Morgan fingerprint density at radius 1 is 1.21 bits per heavy atom. The smallest absolute Gasteiger partial charge is 0.144 e. The normalized spacial score (nSPS) is 13.6. The van der Waals surface area contributed by atoms with Crippen LogP contribution in [0.15, 0.2) is 24.3 Å². The van der Waals surface area contributed by atoms with Gasteiger partial charge in [-0.1, -0.05) is 37.6 Å². The summed E-state index contributed by atoms with van der Waals surface area (Å²) in [6.07, 6.45) is 0. The number of hydrogen-bond donors (Lipinski definition) is 1. The van der Waals surface area contributed by atoms with Crippen molar-refractivity contribution >= 4 is 17.4 Å². The Kier molecular flexibility index (Phi) is 5.57. The van der Waals surface area contributed by atoms with E-state index < -0.39 is 0 Å². The summed E-state index contributed by atoms with van der Waals surface area (Å²) in [6, 6.07) is 7.57. The minimum absolute atomic E-state index is 0.00192. The summed E-state index contributed by atoms with van der Waals surface area (Å²) in [7, 11) is 0. The molecule has 0 amide bonds. The first-order chi connectivity index (χ1) is 8.70. The minimum Gasteiger partial charge on any atom is -0.311 e. The molecule has 0 heterocycles. The van der Waals surface area contributed by atoms with Crippen LogP contribution in [0.25, 0.3) is 0 Å². The van der Waals surface area contributed by atoms with Crippen molar-refractivity contribution in [1.82, 2.24) is 5.32 Å². The van der Waals surface area contributed by atoms with Crippen molar-refractivity contribution in [2.24, 2.45) is 5.92 Å². The van der Waals surface area contributed by atoms with Crippen molar-refractivity contribution in [2.75, 3.05) is 6.54 Å². The van der Waals surface area contributed by atoms with E-state index in [1.165, 1.54) is 0 Å². The predicted molar refractivity (Wildman–Crippen MR) is 81.8 cm³/mol. The fraction of sp³-hybridized carbons (Fsp3) is 0.562. The lowest BCUT2D eigenvalue weighted by Crippen LogP contribution is -2.40. The molecular formula is C16H24ClNO. The van der Waals surface area contributed by atoms with Gasteiger partial charge in [0.05, 0.1) is 5.92 Å². The van der Waals surface area contributed by atoms with Crippen LogP contribution in [0.1, 0.15) is 46.1 Å². The van der Waals surface area contributed by atoms with Gasteiger partial charge in [-0.05, 0) is 38.5 Å². The largest absolute Gasteiger partial charge is 0.311 e. The highest BCUT2D eigenvalue weighted by Gasteiger charge is 2.24. The molecule has 19 heavy (non-hydrogen) atoms. The lowest BCUT2D eigenvalue weighted by Gasteiger charge is -2.26. The van der Waals surface area contributed by atoms with Crippen LogP contribution in [0.2, 0.25) is 5.02 Å². The van der Waals surface area contributed by atoms with Gasteiger partial charge in [0.1, 0.15) is 5.78 Å². The first kappa shape index (κ1) is 16.2. The van der Waals surface area contributed by atoms with Crippen LogP contribution in [-0.4, -0.2) is 17.9 Å². The van der Waals surface area contributed by atoms with Gasteiger partial charge in [-0.15, -0.1) is 0 Å². The van der Waals surface area contributed by atoms with Gasteiger partial charge >= 0.3 is 0 Å². The minimum atomic E-state index is -0.114. The maximum Gasteiger partial charge on any atom is 0.144 e. The van der Waals surface area contributed by atoms with E-state index in [0.29, 0.717) is 11.6 Å². The number of rotatable bonds is 5. The van der Waals surface area contributed by atoms with E-state index in [4.69, 9.17) is 11.6 Å². The average Bonchev–Trinajstić information content (AvgIpc) is 2.29. The van der Waals surface area contributed by atoms with Crippen LogP contribution in [0.3, 0.4) is 0 Å². The Balaban J connectivity index is 2.92. The highest BCUT2D eigenvalue weighted by Crippen LogP contribution is 2.22. The van der Waals surface area contributed by atoms with Gasteiger partial charge in [-0.2, -0.15) is 0 Å². The Morgan fingerprint density at radius 2 is 1.74 bits per heavy atom. The number of nitrogens with one attached hydrogen (secondary N) is 1. The first-order valence-electron chi connectivity index (χ1n) is 6.75. The second-order valence-corrected chi connectivity index (χ2v) is 6.73. The van der Waals surface area contributed by atoms with Gasteiger partial charge in [0.15, 0.2) is 0 Å². The van der Waals surface area contributed by atoms with Gasteiger partial charge in [-0.25, -0.2) is 0 Å². The van der Waals surface area contributed by atoms with Crippen molar-refractivity contribution in [3.05, 3.63) is 34.9 Å². The van der Waals surface area contributed by atoms with Crippen LogP contribution < -0.4 is 5.32 Å². The third-order valence-corrected chi connectivity index (χ3v) is 3.27. The quantitative estimate of drug-likeness (QED) is 0.883. The van der Waals surface area contributed by atoms with E-state index in [0.717, 1.165) is 5.56 Å². The van der Waals surface area contributed by atoms with Crippen molar-refractivity contribution < 1.29 is 4.79 Å². The molecule has 1 aromatic carbocycles. The van der Waals surface area contributed by atoms with Crippen LogP contribution >= 0.6 is 11.6 Å². The molecule has 0 saturated heterocycles. The number of ketones is 1. The van der Waals surface area contributed by atoms with E-state index >= 15 is 0 Å². The molecule has 0 spiro atoms. The Bertz CT molecular complexity index is 417. The van der Waals surface area contributed by atoms with Crippen molar-refractivity contribution in [3.8, 4) is 0 Å². The molecule has 1 aromatic rings. The lowest BCUT2D eigenvalue weighted by atomic mass is 9.88. The summed E-state index contributed by atoms with van der Waals surface area (Å²) < 4.78 is 0. The maximum absolute atomic E-state index is 12.4. The molecular weight excluding hydrogens is 258 g/mol. The SMILES string of the molecule is CC(C)C(=O)C(CNC(C)(C)C)c1ccc(Cl)cc1. The van der Waals surface area contributed by atoms with Gasteiger partial charge in [0.2, 0.25) is 0 Å². The number of benzene rings is 1. The summed E-state index contributed by atoms with van der Waals surface area (Å²) in [5.74, 6) is 0.179. The Hall–Kier alpha value is -0.860. The van der Waals surface area contributed by atoms with Crippen LogP contribution in [0, 0.1) is 5.92 Å². The molecule has 0 radical (unpaired) electrons. The summed E-state index contributed by atoms with van der Waals surface area (Å²) in [4.78, 5) is 12.4. The first-order valence-corrected chi connectivity index (χ1v) is 7.12. The van der Waals surface area contributed by atoms with Crippen molar-refractivity contribution in [2.45, 2.75) is 46.1 Å². The molecule has 0 aliphatic carbocycles. The summed E-state index contributed by atoms with van der Waals surface area (Å²) >= 11 is 5.91. The van der Waals surface area contributed by atoms with Crippen molar-refractivity contribution in [3.63, 3.8) is 0 Å². The molecule has 1 atom stereocenters. The zero-order valence-electron chi connectivity index (χ0n) is 12.5. The second kappa shape index (κ2) is 6.53. The maximum atomic E-state index is 12.4. The average molecular weight is 282 g/mol. The van der Waals surface area contributed by atoms with Gasteiger partial charge in [0.25, 0.3) is 0 Å². The van der Waals surface area contributed by atoms with E-state index in [9.17, 15) is 4.79 Å². The van der Waals surface area contributed by atoms with Crippen LogP contribution in [0.5, 0.6) is 0 Å². The highest BCUT2D eigenvalue weighted by molar-refractivity contribution is 6.30. The number of hydrogen-bond acceptors (Lipinski definition) is 2. The second-order valence-electron chi connectivity index (χ2n) is 6.29. The van der Waals surface area contributed by atoms with E-state index in [-0.39, 0.29) is 23.2 Å². The molecule has 1 N–H and O–H groups in total. The predicted octanol–water partition coefficient (Wildman–Crippen LogP) is 4.04. The van der Waals surface area contributed by atoms with E-state index in [2.05, 4.69) is 26.1 Å². The molecule has 1 unspecified atom stereocenters. The molecule has 3 heteroatoms. The Labute approximate surface area is 121 Å². The number of Topliss-reactive ketones (excluding diaryl/α,β-unsaturated/α-hetero) is 1. The number of carbonyl (C=O) groups is 1. The third kappa shape index (κ3) is 5.33. The van der Waals surface area contributed by atoms with Crippen molar-refractivity contribution in [1.29, 1.82) is 0 Å². The van der Waals surface area contributed by atoms with E-state index in [1.54, 1.807) is 0 Å². The van der Waals surface area contributed by atoms with E-state index in [1.807, 2.05) is 38.1 Å². The lowest BCUT2D eigenvalue weighted by molar-refractivity contribution is -0.123.